The number of nitrogens with one attached hydrogen (secondary N) is 3. The number of aromatic nitrogens is 2. The lowest BCUT2D eigenvalue weighted by atomic mass is 10.1. The van der Waals surface area contributed by atoms with Gasteiger partial charge >= 0.3 is 0 Å². The van der Waals surface area contributed by atoms with Crippen LogP contribution >= 0.6 is 0 Å². The summed E-state index contributed by atoms with van der Waals surface area (Å²) in [5.41, 5.74) is 1.53. The van der Waals surface area contributed by atoms with E-state index in [0.29, 0.717) is 23.7 Å². The van der Waals surface area contributed by atoms with Gasteiger partial charge in [-0.25, -0.2) is 4.68 Å². The van der Waals surface area contributed by atoms with Crippen LogP contribution in [0.4, 0.5) is 5.82 Å². The maximum absolute atomic E-state index is 12.7. The number of nitrogens with zero attached hydrogens (tertiary/aromatic N) is 2. The summed E-state index contributed by atoms with van der Waals surface area (Å²) >= 11 is 0. The lowest BCUT2D eigenvalue weighted by Crippen LogP contribution is -2.53. The first-order valence-electron chi connectivity index (χ1n) is 10.1. The Balaban J connectivity index is 1.73. The summed E-state index contributed by atoms with van der Waals surface area (Å²) in [6.07, 6.45) is 1.96. The number of methoxy groups -OCH3 is 2. The monoisotopic (exact) mass is 415 g/mol. The maximum atomic E-state index is 12.7. The lowest BCUT2D eigenvalue weighted by Gasteiger charge is -2.32. The lowest BCUT2D eigenvalue weighted by molar-refractivity contribution is -0.125. The van der Waals surface area contributed by atoms with E-state index in [-0.39, 0.29) is 24.3 Å². The van der Waals surface area contributed by atoms with E-state index in [1.807, 2.05) is 13.0 Å². The Labute approximate surface area is 176 Å². The van der Waals surface area contributed by atoms with Gasteiger partial charge in [-0.3, -0.25) is 14.9 Å². The number of hydrogen-bond acceptors (Lipinski definition) is 6. The Hall–Kier alpha value is -3.07. The van der Waals surface area contributed by atoms with Gasteiger partial charge in [0.2, 0.25) is 11.8 Å². The van der Waals surface area contributed by atoms with Crippen LogP contribution in [0, 0.1) is 6.92 Å². The van der Waals surface area contributed by atoms with E-state index in [4.69, 9.17) is 9.47 Å². The van der Waals surface area contributed by atoms with Crippen LogP contribution in [-0.2, 0) is 16.0 Å². The predicted octanol–water partition coefficient (Wildman–Crippen LogP) is 2.12. The molecule has 2 unspecified atom stereocenters. The number of anilines is 1. The Morgan fingerprint density at radius 2 is 2.03 bits per heavy atom. The van der Waals surface area contributed by atoms with E-state index in [1.54, 1.807) is 37.1 Å². The molecule has 0 saturated carbocycles. The Morgan fingerprint density at radius 1 is 1.27 bits per heavy atom. The third-order valence-electron chi connectivity index (χ3n) is 4.94. The highest BCUT2D eigenvalue weighted by Gasteiger charge is 2.28. The van der Waals surface area contributed by atoms with E-state index < -0.39 is 6.29 Å². The Kier molecular flexibility index (Phi) is 6.94. The van der Waals surface area contributed by atoms with Crippen LogP contribution in [0.25, 0.3) is 0 Å². The third kappa shape index (κ3) is 5.10. The van der Waals surface area contributed by atoms with Gasteiger partial charge in [-0.15, -0.1) is 0 Å². The fourth-order valence-corrected chi connectivity index (χ4v) is 3.59. The molecule has 3 N–H and O–H groups in total. The molecule has 1 aromatic carbocycles. The SMILES string of the molecule is CCCC1CC(=O)NC(n2nc(C)cc2NC(=O)Cc2ccc(OC)c(OC)c2)N1. The van der Waals surface area contributed by atoms with Crippen molar-refractivity contribution in [2.45, 2.75) is 51.9 Å². The average molecular weight is 415 g/mol. The summed E-state index contributed by atoms with van der Waals surface area (Å²) < 4.78 is 12.1. The standard InChI is InChI=1S/C21H29N5O4/c1-5-6-15-12-20(28)24-21(22-15)26-18(9-13(2)25-26)23-19(27)11-14-7-8-16(29-3)17(10-14)30-4/h7-10,15,21-22H,5-6,11-12H2,1-4H3,(H,23,27)(H,24,28). The molecule has 1 aromatic heterocycles. The number of carbonyl (C=O) groups excluding carboxylic acids is 2. The second-order valence-electron chi connectivity index (χ2n) is 7.36. The first kappa shape index (κ1) is 21.6. The number of ether oxygens (including phenoxy) is 2. The molecule has 30 heavy (non-hydrogen) atoms. The van der Waals surface area contributed by atoms with Gasteiger partial charge < -0.3 is 20.1 Å². The minimum absolute atomic E-state index is 0.0343. The molecular formula is C21H29N5O4. The van der Waals surface area contributed by atoms with Gasteiger partial charge in [0.25, 0.3) is 0 Å². The van der Waals surface area contributed by atoms with Crippen LogP contribution in [-0.4, -0.2) is 41.9 Å². The minimum atomic E-state index is -0.507. The summed E-state index contributed by atoms with van der Waals surface area (Å²) in [5, 5.41) is 13.7. The quantitative estimate of drug-likeness (QED) is 0.610. The smallest absolute Gasteiger partial charge is 0.229 e. The number of benzene rings is 1. The number of hydrogen-bond donors (Lipinski definition) is 3. The number of carbonyl (C=O) groups is 2. The van der Waals surface area contributed by atoms with Crippen LogP contribution in [0.1, 0.15) is 43.7 Å². The number of amides is 2. The van der Waals surface area contributed by atoms with Crippen molar-refractivity contribution in [3.63, 3.8) is 0 Å². The van der Waals surface area contributed by atoms with E-state index in [0.717, 1.165) is 24.1 Å². The van der Waals surface area contributed by atoms with Crippen molar-refractivity contribution in [1.82, 2.24) is 20.4 Å². The molecule has 1 fully saturated rings. The topological polar surface area (TPSA) is 107 Å². The molecule has 2 amide bonds. The summed E-state index contributed by atoms with van der Waals surface area (Å²) in [6.45, 7) is 3.93. The minimum Gasteiger partial charge on any atom is -0.493 e. The van der Waals surface area contributed by atoms with Crippen LogP contribution in [0.3, 0.4) is 0 Å². The van der Waals surface area contributed by atoms with Gasteiger partial charge in [0.05, 0.1) is 26.3 Å². The summed E-state index contributed by atoms with van der Waals surface area (Å²) in [4.78, 5) is 24.8. The number of rotatable bonds is 8. The van der Waals surface area contributed by atoms with Crippen molar-refractivity contribution in [2.75, 3.05) is 19.5 Å². The molecule has 1 aliphatic heterocycles. The van der Waals surface area contributed by atoms with Crippen molar-refractivity contribution in [3.8, 4) is 11.5 Å². The maximum Gasteiger partial charge on any atom is 0.229 e. The van der Waals surface area contributed by atoms with Gasteiger partial charge in [-0.2, -0.15) is 5.10 Å². The van der Waals surface area contributed by atoms with Gasteiger partial charge in [-0.1, -0.05) is 19.4 Å². The van der Waals surface area contributed by atoms with Gasteiger partial charge in [0.15, 0.2) is 17.8 Å². The van der Waals surface area contributed by atoms with Crippen LogP contribution in [0.2, 0.25) is 0 Å². The molecule has 3 rings (SSSR count). The van der Waals surface area contributed by atoms with E-state index in [9.17, 15) is 9.59 Å². The molecule has 1 aliphatic rings. The third-order valence-corrected chi connectivity index (χ3v) is 4.94. The van der Waals surface area contributed by atoms with Crippen molar-refractivity contribution in [1.29, 1.82) is 0 Å². The highest BCUT2D eigenvalue weighted by atomic mass is 16.5. The van der Waals surface area contributed by atoms with Crippen LogP contribution in [0.15, 0.2) is 24.3 Å². The molecule has 2 heterocycles. The highest BCUT2D eigenvalue weighted by molar-refractivity contribution is 5.91. The van der Waals surface area contributed by atoms with Gasteiger partial charge in [-0.05, 0) is 31.0 Å². The van der Waals surface area contributed by atoms with E-state index in [1.165, 1.54) is 0 Å². The van der Waals surface area contributed by atoms with Crippen LogP contribution < -0.4 is 25.4 Å². The first-order chi connectivity index (χ1) is 14.4. The molecule has 2 aromatic rings. The largest absolute Gasteiger partial charge is 0.493 e. The molecule has 0 bridgehead atoms. The van der Waals surface area contributed by atoms with Gasteiger partial charge in [0, 0.05) is 18.5 Å². The summed E-state index contributed by atoms with van der Waals surface area (Å²) in [7, 11) is 3.12. The normalized spacial score (nSPS) is 18.6. The summed E-state index contributed by atoms with van der Waals surface area (Å²) in [6, 6.07) is 7.23. The van der Waals surface area contributed by atoms with E-state index >= 15 is 0 Å². The highest BCUT2D eigenvalue weighted by Crippen LogP contribution is 2.28. The Morgan fingerprint density at radius 3 is 2.73 bits per heavy atom. The molecule has 9 nitrogen and oxygen atoms in total. The molecule has 0 spiro atoms. The molecule has 162 valence electrons. The van der Waals surface area contributed by atoms with Crippen molar-refractivity contribution >= 4 is 17.6 Å². The molecular weight excluding hydrogens is 386 g/mol. The van der Waals surface area contributed by atoms with Gasteiger partial charge in [0.1, 0.15) is 5.82 Å². The molecule has 9 heteroatoms. The zero-order valence-electron chi connectivity index (χ0n) is 17.8. The molecule has 1 saturated heterocycles. The first-order valence-corrected chi connectivity index (χ1v) is 10.1. The van der Waals surface area contributed by atoms with E-state index in [2.05, 4.69) is 28.0 Å². The molecule has 0 radical (unpaired) electrons. The zero-order chi connectivity index (χ0) is 21.7. The second-order valence-corrected chi connectivity index (χ2v) is 7.36. The fourth-order valence-electron chi connectivity index (χ4n) is 3.59. The predicted molar refractivity (Wildman–Crippen MR) is 112 cm³/mol. The second kappa shape index (κ2) is 9.62. The van der Waals surface area contributed by atoms with Crippen molar-refractivity contribution in [2.24, 2.45) is 0 Å². The number of aryl methyl sites for hydroxylation is 1. The van der Waals surface area contributed by atoms with Crippen molar-refractivity contribution in [3.05, 3.63) is 35.5 Å². The molecule has 2 atom stereocenters. The fraction of sp³-hybridized carbons (Fsp3) is 0.476. The zero-order valence-corrected chi connectivity index (χ0v) is 17.8. The van der Waals surface area contributed by atoms with Crippen molar-refractivity contribution < 1.29 is 19.1 Å². The molecule has 0 aliphatic carbocycles. The summed E-state index contributed by atoms with van der Waals surface area (Å²) in [5.74, 6) is 1.47. The Bertz CT molecular complexity index is 911. The van der Waals surface area contributed by atoms with Crippen LogP contribution in [0.5, 0.6) is 11.5 Å². The average Bonchev–Trinajstić information content (AvgIpc) is 3.07.